The fraction of sp³-hybridized carbons (Fsp3) is 0.302. The second-order valence-corrected chi connectivity index (χ2v) is 13.3. The first-order valence-corrected chi connectivity index (χ1v) is 17.2. The Balaban J connectivity index is 0.000000179. The van der Waals surface area contributed by atoms with Crippen molar-refractivity contribution in [1.29, 1.82) is 0 Å². The van der Waals surface area contributed by atoms with Crippen molar-refractivity contribution in [2.75, 3.05) is 20.2 Å². The Kier molecular flexibility index (Phi) is 12.2. The fourth-order valence-electron chi connectivity index (χ4n) is 8.56. The molecule has 4 aliphatic rings. The highest BCUT2D eigenvalue weighted by Gasteiger charge is 2.41. The van der Waals surface area contributed by atoms with Crippen LogP contribution in [0.2, 0.25) is 0 Å². The number of rotatable bonds is 8. The number of ketones is 2. The summed E-state index contributed by atoms with van der Waals surface area (Å²) in [5.74, 6) is 0.567. The van der Waals surface area contributed by atoms with Crippen molar-refractivity contribution in [3.63, 3.8) is 0 Å². The second-order valence-electron chi connectivity index (χ2n) is 13.3. The lowest BCUT2D eigenvalue weighted by Gasteiger charge is -2.33. The first kappa shape index (κ1) is 36.2. The highest BCUT2D eigenvalue weighted by Crippen LogP contribution is 2.39. The summed E-state index contributed by atoms with van der Waals surface area (Å²) < 4.78 is 0. The lowest BCUT2D eigenvalue weighted by atomic mass is 10.0. The van der Waals surface area contributed by atoms with Crippen molar-refractivity contribution in [3.8, 4) is 0 Å². The topological polar surface area (TPSA) is 62.1 Å². The van der Waals surface area contributed by atoms with Gasteiger partial charge in [-0.05, 0) is 46.7 Å². The summed E-state index contributed by atoms with van der Waals surface area (Å²) in [6.45, 7) is 9.63. The monoisotopic (exact) mass is 675 g/mol. The van der Waals surface area contributed by atoms with Crippen molar-refractivity contribution < 1.29 is 19.6 Å². The van der Waals surface area contributed by atoms with Gasteiger partial charge in [0.25, 0.3) is 0 Å². The number of nitrogens with zero attached hydrogens (tertiary/aromatic N) is 1. The van der Waals surface area contributed by atoms with Crippen LogP contribution in [-0.4, -0.2) is 53.9 Å². The highest BCUT2D eigenvalue weighted by atomic mass is 35.5. The number of hydrogen-bond acceptors (Lipinski definition) is 4. The van der Waals surface area contributed by atoms with E-state index in [0.717, 1.165) is 57.0 Å². The second kappa shape index (κ2) is 16.5. The standard InChI is InChI=1S/2C21H21NO.CH4O.ClH/c2*1-2-11-22(17-12-15-7-3-4-8-16(15)13-17)20-14-21(23)19-10-6-5-9-18(19)20;1-2;/h2*2-10,17,20H,1,11-14H2;2H,1H3;1H/p+1. The number of aliphatic hydroxyl groups excluding tert-OH is 1. The maximum absolute atomic E-state index is 12.4. The molecule has 3 atom stereocenters. The molecule has 0 aliphatic heterocycles. The SMILES string of the molecule is C=CCN(C1Cc2ccccc2C1)C1CC(=O)c2ccccc21.C=CC[NH+](C1Cc2ccccc2C1)C1CC(=O)c2ccccc21.CO.Cl. The molecule has 254 valence electrons. The number of quaternary nitrogens is 1. The van der Waals surface area contributed by atoms with E-state index in [1.165, 1.54) is 38.3 Å². The number of carbonyl (C=O) groups excluding carboxylic acids is 2. The molecule has 0 radical (unpaired) electrons. The number of nitrogens with one attached hydrogen (secondary N) is 1. The van der Waals surface area contributed by atoms with Crippen LogP contribution in [-0.2, 0) is 25.7 Å². The minimum Gasteiger partial charge on any atom is -0.400 e. The average molecular weight is 676 g/mol. The van der Waals surface area contributed by atoms with Crippen molar-refractivity contribution in [1.82, 2.24) is 4.90 Å². The van der Waals surface area contributed by atoms with Gasteiger partial charge in [0.2, 0.25) is 0 Å². The minimum atomic E-state index is 0. The molecule has 0 saturated heterocycles. The summed E-state index contributed by atoms with van der Waals surface area (Å²) >= 11 is 0. The Morgan fingerprint density at radius 1 is 0.653 bits per heavy atom. The lowest BCUT2D eigenvalue weighted by Crippen LogP contribution is -3.16. The molecule has 3 unspecified atom stereocenters. The molecule has 0 amide bonds. The van der Waals surface area contributed by atoms with Gasteiger partial charge in [-0.2, -0.15) is 0 Å². The molecule has 0 fully saturated rings. The number of Topliss-reactive ketones (excluding diaryl/α,β-unsaturated/α-hetero) is 2. The van der Waals surface area contributed by atoms with E-state index in [9.17, 15) is 9.59 Å². The Bertz CT molecular complexity index is 1620. The van der Waals surface area contributed by atoms with Gasteiger partial charge in [0, 0.05) is 61.7 Å². The van der Waals surface area contributed by atoms with Crippen LogP contribution in [0, 0.1) is 0 Å². The van der Waals surface area contributed by atoms with E-state index in [2.05, 4.69) is 84.8 Å². The molecule has 2 N–H and O–H groups in total. The predicted octanol–water partition coefficient (Wildman–Crippen LogP) is 6.55. The molecule has 0 spiro atoms. The van der Waals surface area contributed by atoms with Crippen LogP contribution in [0.15, 0.2) is 122 Å². The smallest absolute Gasteiger partial charge is 0.169 e. The van der Waals surface area contributed by atoms with Gasteiger partial charge in [-0.15, -0.1) is 19.0 Å². The van der Waals surface area contributed by atoms with Crippen LogP contribution in [0.25, 0.3) is 0 Å². The molecule has 0 aromatic heterocycles. The van der Waals surface area contributed by atoms with E-state index in [4.69, 9.17) is 5.11 Å². The molecule has 0 bridgehead atoms. The number of hydrogen-bond donors (Lipinski definition) is 2. The summed E-state index contributed by atoms with van der Waals surface area (Å²) in [6, 6.07) is 35.1. The lowest BCUT2D eigenvalue weighted by molar-refractivity contribution is -0.948. The molecule has 6 heteroatoms. The summed E-state index contributed by atoms with van der Waals surface area (Å²) in [6.07, 6.45) is 9.54. The maximum Gasteiger partial charge on any atom is 0.169 e. The molecule has 4 aromatic rings. The predicted molar refractivity (Wildman–Crippen MR) is 200 cm³/mol. The van der Waals surface area contributed by atoms with E-state index in [-0.39, 0.29) is 30.3 Å². The third kappa shape index (κ3) is 7.41. The molecule has 4 aliphatic carbocycles. The normalized spacial score (nSPS) is 19.3. The summed E-state index contributed by atoms with van der Waals surface area (Å²) in [5, 5.41) is 7.00. The molecule has 4 aromatic carbocycles. The van der Waals surface area contributed by atoms with Crippen LogP contribution in [0.3, 0.4) is 0 Å². The zero-order valence-corrected chi connectivity index (χ0v) is 29.2. The Labute approximate surface area is 297 Å². The van der Waals surface area contributed by atoms with Crippen LogP contribution in [0.5, 0.6) is 0 Å². The molecule has 5 nitrogen and oxygen atoms in total. The summed E-state index contributed by atoms with van der Waals surface area (Å²) in [5.41, 5.74) is 10.1. The van der Waals surface area contributed by atoms with Crippen molar-refractivity contribution in [2.45, 2.75) is 62.7 Å². The Morgan fingerprint density at radius 2 is 1.12 bits per heavy atom. The third-order valence-electron chi connectivity index (χ3n) is 10.7. The van der Waals surface area contributed by atoms with Crippen LogP contribution in [0.4, 0.5) is 0 Å². The van der Waals surface area contributed by atoms with E-state index >= 15 is 0 Å². The summed E-state index contributed by atoms with van der Waals surface area (Å²) in [7, 11) is 1.00. The first-order chi connectivity index (χ1) is 23.6. The molecule has 0 saturated carbocycles. The van der Waals surface area contributed by atoms with Crippen molar-refractivity contribution in [3.05, 3.63) is 167 Å². The first-order valence-electron chi connectivity index (χ1n) is 17.2. The number of aliphatic hydroxyl groups is 1. The van der Waals surface area contributed by atoms with Crippen molar-refractivity contribution in [2.24, 2.45) is 0 Å². The Hall–Kier alpha value is -4.13. The van der Waals surface area contributed by atoms with Gasteiger partial charge in [-0.25, -0.2) is 0 Å². The molecule has 49 heavy (non-hydrogen) atoms. The quantitative estimate of drug-likeness (QED) is 0.208. The van der Waals surface area contributed by atoms with Crippen LogP contribution >= 0.6 is 12.4 Å². The van der Waals surface area contributed by atoms with Gasteiger partial charge in [0.05, 0.1) is 19.0 Å². The fourth-order valence-corrected chi connectivity index (χ4v) is 8.56. The summed E-state index contributed by atoms with van der Waals surface area (Å²) in [4.78, 5) is 28.7. The minimum absolute atomic E-state index is 0. The molecular weight excluding hydrogens is 628 g/mol. The largest absolute Gasteiger partial charge is 0.400 e. The van der Waals surface area contributed by atoms with Gasteiger partial charge in [-0.1, -0.05) is 110 Å². The van der Waals surface area contributed by atoms with Gasteiger partial charge < -0.3 is 10.0 Å². The highest BCUT2D eigenvalue weighted by molar-refractivity contribution is 6.01. The van der Waals surface area contributed by atoms with Gasteiger partial charge in [-0.3, -0.25) is 14.5 Å². The third-order valence-corrected chi connectivity index (χ3v) is 10.7. The zero-order valence-electron chi connectivity index (χ0n) is 28.4. The Morgan fingerprint density at radius 3 is 1.67 bits per heavy atom. The average Bonchev–Trinajstić information content (AvgIpc) is 3.91. The maximum atomic E-state index is 12.4. The van der Waals surface area contributed by atoms with Crippen LogP contribution < -0.4 is 4.90 Å². The molecule has 0 heterocycles. The van der Waals surface area contributed by atoms with Gasteiger partial charge in [0.1, 0.15) is 6.04 Å². The molecular formula is C43H48ClN2O3+. The van der Waals surface area contributed by atoms with E-state index < -0.39 is 0 Å². The number of fused-ring (bicyclic) bond motifs is 4. The zero-order chi connectivity index (χ0) is 33.6. The van der Waals surface area contributed by atoms with Gasteiger partial charge in [0.15, 0.2) is 11.6 Å². The van der Waals surface area contributed by atoms with Gasteiger partial charge >= 0.3 is 0 Å². The number of benzene rings is 4. The number of carbonyl (C=O) groups is 2. The van der Waals surface area contributed by atoms with Crippen LogP contribution in [0.1, 0.15) is 79.0 Å². The van der Waals surface area contributed by atoms with E-state index in [1.807, 2.05) is 42.5 Å². The molecule has 8 rings (SSSR count). The van der Waals surface area contributed by atoms with Crippen molar-refractivity contribution >= 4 is 24.0 Å². The van der Waals surface area contributed by atoms with E-state index in [0.29, 0.717) is 30.7 Å². The number of halogens is 1. The van der Waals surface area contributed by atoms with E-state index in [1.54, 1.807) is 0 Å².